The van der Waals surface area contributed by atoms with Crippen LogP contribution in [0.15, 0.2) is 83.3 Å². The van der Waals surface area contributed by atoms with Crippen LogP contribution in [0.3, 0.4) is 0 Å². The Balaban J connectivity index is 1.36. The number of anilines is 1. The van der Waals surface area contributed by atoms with Gasteiger partial charge < -0.3 is 14.6 Å². The van der Waals surface area contributed by atoms with Crippen molar-refractivity contribution in [3.8, 4) is 0 Å². The van der Waals surface area contributed by atoms with E-state index in [0.29, 0.717) is 24.1 Å². The van der Waals surface area contributed by atoms with Crippen molar-refractivity contribution in [3.63, 3.8) is 0 Å². The highest BCUT2D eigenvalue weighted by molar-refractivity contribution is 6.14. The Morgan fingerprint density at radius 2 is 1.53 bits per heavy atom. The lowest BCUT2D eigenvalue weighted by Gasteiger charge is -2.34. The molecule has 0 saturated carbocycles. The van der Waals surface area contributed by atoms with Crippen LogP contribution in [0.5, 0.6) is 0 Å². The average Bonchev–Trinajstić information content (AvgIpc) is 3.23. The van der Waals surface area contributed by atoms with E-state index in [1.165, 1.54) is 23.8 Å². The van der Waals surface area contributed by atoms with E-state index in [2.05, 4.69) is 22.3 Å². The van der Waals surface area contributed by atoms with Crippen molar-refractivity contribution < 1.29 is 18.4 Å². The summed E-state index contributed by atoms with van der Waals surface area (Å²) in [6.45, 7) is 3.39. The van der Waals surface area contributed by atoms with Gasteiger partial charge in [-0.3, -0.25) is 14.5 Å². The first-order valence-electron chi connectivity index (χ1n) is 11.2. The van der Waals surface area contributed by atoms with Crippen LogP contribution in [-0.4, -0.2) is 47.8 Å². The minimum Gasteiger partial charge on any atom is -0.449 e. The third kappa shape index (κ3) is 4.43. The van der Waals surface area contributed by atoms with E-state index < -0.39 is 11.7 Å². The maximum atomic E-state index is 14.2. The van der Waals surface area contributed by atoms with Crippen molar-refractivity contribution in [3.05, 3.63) is 102 Å². The molecule has 0 aliphatic carbocycles. The van der Waals surface area contributed by atoms with Gasteiger partial charge in [0.25, 0.3) is 11.8 Å². The number of amides is 2. The summed E-state index contributed by atoms with van der Waals surface area (Å²) >= 11 is 0. The van der Waals surface area contributed by atoms with Gasteiger partial charge in [0, 0.05) is 38.1 Å². The second-order valence-electron chi connectivity index (χ2n) is 8.29. The van der Waals surface area contributed by atoms with Gasteiger partial charge in [0.2, 0.25) is 5.76 Å². The molecule has 172 valence electrons. The van der Waals surface area contributed by atoms with Gasteiger partial charge in [-0.05, 0) is 29.8 Å². The van der Waals surface area contributed by atoms with Crippen LogP contribution in [0, 0.1) is 5.82 Å². The molecule has 0 atom stereocenters. The van der Waals surface area contributed by atoms with Gasteiger partial charge in [-0.25, -0.2) is 4.39 Å². The largest absolute Gasteiger partial charge is 0.449 e. The molecule has 1 aromatic heterocycles. The van der Waals surface area contributed by atoms with E-state index >= 15 is 0 Å². The first-order valence-corrected chi connectivity index (χ1v) is 11.2. The minimum absolute atomic E-state index is 0.0578. The summed E-state index contributed by atoms with van der Waals surface area (Å²) in [5.74, 6) is -1.50. The highest BCUT2D eigenvalue weighted by atomic mass is 19.1. The predicted octanol–water partition coefficient (Wildman–Crippen LogP) is 4.78. The molecule has 6 nitrogen and oxygen atoms in total. The summed E-state index contributed by atoms with van der Waals surface area (Å²) in [5, 5.41) is 3.32. The molecule has 3 aromatic carbocycles. The number of carbonyl (C=O) groups is 2. The fourth-order valence-corrected chi connectivity index (χ4v) is 4.24. The number of carbonyl (C=O) groups excluding carboxylic acids is 2. The Kier molecular flexibility index (Phi) is 6.10. The molecule has 0 bridgehead atoms. The number of hydrogen-bond acceptors (Lipinski definition) is 4. The number of para-hydroxylation sites is 1. The third-order valence-electron chi connectivity index (χ3n) is 6.06. The molecule has 1 N–H and O–H groups in total. The van der Waals surface area contributed by atoms with Gasteiger partial charge in [0.1, 0.15) is 17.1 Å². The topological polar surface area (TPSA) is 65.8 Å². The monoisotopic (exact) mass is 457 g/mol. The average molecular weight is 458 g/mol. The van der Waals surface area contributed by atoms with Crippen LogP contribution in [-0.2, 0) is 6.54 Å². The normalized spacial score (nSPS) is 14.3. The second kappa shape index (κ2) is 9.49. The van der Waals surface area contributed by atoms with Crippen LogP contribution in [0.2, 0.25) is 0 Å². The maximum absolute atomic E-state index is 14.2. The predicted molar refractivity (Wildman–Crippen MR) is 128 cm³/mol. The number of halogens is 1. The lowest BCUT2D eigenvalue weighted by atomic mass is 10.1. The summed E-state index contributed by atoms with van der Waals surface area (Å²) < 4.78 is 20.1. The lowest BCUT2D eigenvalue weighted by Crippen LogP contribution is -2.48. The standard InChI is InChI=1S/C27H24FN3O3/c28-22-12-6-4-10-20(22)26(32)29-24-21-11-5-7-13-23(21)34-25(24)27(33)31-16-14-30(15-17-31)18-19-8-2-1-3-9-19/h1-13H,14-18H2,(H,29,32). The molecule has 0 unspecified atom stereocenters. The molecule has 5 rings (SSSR count). The number of furan rings is 1. The zero-order chi connectivity index (χ0) is 23.5. The first kappa shape index (κ1) is 21.9. The molecule has 0 radical (unpaired) electrons. The van der Waals surface area contributed by atoms with E-state index in [4.69, 9.17) is 4.42 Å². The molecule has 2 heterocycles. The highest BCUT2D eigenvalue weighted by Crippen LogP contribution is 2.32. The smallest absolute Gasteiger partial charge is 0.291 e. The number of nitrogens with one attached hydrogen (secondary N) is 1. The SMILES string of the molecule is O=C(Nc1c(C(=O)N2CCN(Cc3ccccc3)CC2)oc2ccccc12)c1ccccc1F. The molecule has 0 spiro atoms. The van der Waals surface area contributed by atoms with Crippen LogP contribution in [0.25, 0.3) is 11.0 Å². The first-order chi connectivity index (χ1) is 16.6. The summed E-state index contributed by atoms with van der Waals surface area (Å²) in [7, 11) is 0. The number of hydrogen-bond donors (Lipinski definition) is 1. The maximum Gasteiger partial charge on any atom is 0.291 e. The number of fused-ring (bicyclic) bond motifs is 1. The summed E-state index contributed by atoms with van der Waals surface area (Å²) in [6.07, 6.45) is 0. The van der Waals surface area contributed by atoms with Gasteiger partial charge in [0.05, 0.1) is 5.56 Å². The Morgan fingerprint density at radius 3 is 2.29 bits per heavy atom. The van der Waals surface area contributed by atoms with Crippen LogP contribution in [0.4, 0.5) is 10.1 Å². The van der Waals surface area contributed by atoms with E-state index in [1.807, 2.05) is 18.2 Å². The van der Waals surface area contributed by atoms with E-state index in [9.17, 15) is 14.0 Å². The third-order valence-corrected chi connectivity index (χ3v) is 6.06. The lowest BCUT2D eigenvalue weighted by molar-refractivity contribution is 0.0601. The fraction of sp³-hybridized carbons (Fsp3) is 0.185. The minimum atomic E-state index is -0.633. The van der Waals surface area contributed by atoms with Crippen molar-refractivity contribution >= 4 is 28.5 Å². The van der Waals surface area contributed by atoms with Crippen LogP contribution >= 0.6 is 0 Å². The molecule has 1 aliphatic rings. The van der Waals surface area contributed by atoms with Gasteiger partial charge in [-0.2, -0.15) is 0 Å². The highest BCUT2D eigenvalue weighted by Gasteiger charge is 2.29. The van der Waals surface area contributed by atoms with Crippen molar-refractivity contribution in [2.75, 3.05) is 31.5 Å². The van der Waals surface area contributed by atoms with E-state index in [0.717, 1.165) is 19.6 Å². The Morgan fingerprint density at radius 1 is 0.853 bits per heavy atom. The van der Waals surface area contributed by atoms with Crippen LogP contribution in [0.1, 0.15) is 26.5 Å². The molecule has 34 heavy (non-hydrogen) atoms. The zero-order valence-corrected chi connectivity index (χ0v) is 18.5. The van der Waals surface area contributed by atoms with Gasteiger partial charge >= 0.3 is 0 Å². The summed E-state index contributed by atoms with van der Waals surface area (Å²) in [4.78, 5) is 30.3. The van der Waals surface area contributed by atoms with E-state index in [1.54, 1.807) is 35.2 Å². The van der Waals surface area contributed by atoms with Crippen molar-refractivity contribution in [2.45, 2.75) is 6.54 Å². The summed E-state index contributed by atoms with van der Waals surface area (Å²) in [6, 6.07) is 23.1. The van der Waals surface area contributed by atoms with Gasteiger partial charge in [-0.1, -0.05) is 54.6 Å². The van der Waals surface area contributed by atoms with Crippen molar-refractivity contribution in [1.29, 1.82) is 0 Å². The van der Waals surface area contributed by atoms with Crippen molar-refractivity contribution in [2.24, 2.45) is 0 Å². The van der Waals surface area contributed by atoms with Crippen LogP contribution < -0.4 is 5.32 Å². The molecule has 1 saturated heterocycles. The number of piperazine rings is 1. The molecular weight excluding hydrogens is 433 g/mol. The Labute approximate surface area is 196 Å². The fourth-order valence-electron chi connectivity index (χ4n) is 4.24. The second-order valence-corrected chi connectivity index (χ2v) is 8.29. The number of benzene rings is 3. The van der Waals surface area contributed by atoms with Gasteiger partial charge in [0.15, 0.2) is 0 Å². The molecule has 7 heteroatoms. The van der Waals surface area contributed by atoms with Gasteiger partial charge in [-0.15, -0.1) is 0 Å². The molecule has 4 aromatic rings. The molecular formula is C27H24FN3O3. The molecule has 2 amide bonds. The number of nitrogens with zero attached hydrogens (tertiary/aromatic N) is 2. The summed E-state index contributed by atoms with van der Waals surface area (Å²) in [5.41, 5.74) is 1.89. The van der Waals surface area contributed by atoms with Crippen molar-refractivity contribution in [1.82, 2.24) is 9.80 Å². The van der Waals surface area contributed by atoms with E-state index in [-0.39, 0.29) is 22.9 Å². The molecule has 1 fully saturated rings. The quantitative estimate of drug-likeness (QED) is 0.468. The molecule has 1 aliphatic heterocycles. The number of rotatable bonds is 5. The zero-order valence-electron chi connectivity index (χ0n) is 18.5. The Hall–Kier alpha value is -3.97. The Bertz CT molecular complexity index is 1330.